The van der Waals surface area contributed by atoms with Gasteiger partial charge in [-0.25, -0.2) is 19.2 Å². The Bertz CT molecular complexity index is 3830. The summed E-state index contributed by atoms with van der Waals surface area (Å²) < 4.78 is 160. The van der Waals surface area contributed by atoms with E-state index in [1.54, 1.807) is 121 Å². The van der Waals surface area contributed by atoms with Gasteiger partial charge in [-0.2, -0.15) is 0 Å². The second-order valence-corrected chi connectivity index (χ2v) is 34.7. The third-order valence-corrected chi connectivity index (χ3v) is 19.8. The van der Waals surface area contributed by atoms with Gasteiger partial charge in [0.25, 0.3) is 0 Å². The van der Waals surface area contributed by atoms with Crippen LogP contribution >= 0.6 is 0 Å². The van der Waals surface area contributed by atoms with Crippen molar-refractivity contribution in [3.05, 3.63) is 89.5 Å². The topological polar surface area (TPSA) is 527 Å². The van der Waals surface area contributed by atoms with Gasteiger partial charge in [0, 0.05) is 77.9 Å². The molecule has 3 unspecified atom stereocenters. The molecule has 45 heteroatoms. The molecule has 0 radical (unpaired) electrons. The van der Waals surface area contributed by atoms with Crippen molar-refractivity contribution in [3.8, 4) is 17.2 Å². The Hall–Kier alpha value is -8.80. The molecule has 0 aliphatic rings. The van der Waals surface area contributed by atoms with Crippen LogP contribution in [0.3, 0.4) is 0 Å². The highest BCUT2D eigenvalue weighted by Crippen LogP contribution is 2.21. The Labute approximate surface area is 870 Å². The molecular weight excluding hydrogens is 1950 g/mol. The average molecular weight is 2120 g/mol. The normalized spacial score (nSPS) is 12.2. The Kier molecular flexibility index (Phi) is 82.8. The van der Waals surface area contributed by atoms with Crippen molar-refractivity contribution in [1.82, 2.24) is 21.3 Å². The highest BCUT2D eigenvalue weighted by atomic mass is 16.6. The van der Waals surface area contributed by atoms with E-state index in [9.17, 15) is 47.9 Å². The summed E-state index contributed by atoms with van der Waals surface area (Å²) in [7, 11) is 1.63. The molecule has 0 aromatic heterocycles. The lowest BCUT2D eigenvalue weighted by molar-refractivity contribution is -0.157. The minimum Gasteiger partial charge on any atom is -0.482 e. The van der Waals surface area contributed by atoms with Crippen molar-refractivity contribution in [1.29, 1.82) is 0 Å². The third-order valence-electron chi connectivity index (χ3n) is 19.8. The number of benzene rings is 3. The van der Waals surface area contributed by atoms with Gasteiger partial charge in [0.2, 0.25) is 17.7 Å². The standard InChI is InChI=1S/C103H168N4O41/c1-102(2,3)147-99(117)82-146-90-22-16-85(17-23-90)78-92(107-96(112)26-33-125-42-49-133-58-60-135-51-44-127-35-28-105-101(119)148-103(4,5)6)94(110)11-9-30-121-38-45-129-54-56-131-47-40-123-31-24-87(108)79-86(76-83-12-18-88(19-13-83)144-80-97(113)114)100(118)104-27-34-126-43-50-134-59-57-132-48-41-124-32-25-95(111)106-91(77-84-14-20-89(21-15-84)145-81-98(115)116)93(109)10-8-29-122-39-46-130-55-61-137-64-65-139-68-69-141-72-73-143-75-74-142-71-70-140-67-66-138-63-62-136-53-52-128-37-36-120-7/h12-23,86,91-92H,8-11,24-82H2,1-7H3,(H,104,118)(H,105,119)(H,106,111)(H,107,112)(H,113,114)(H,115,116). The van der Waals surface area contributed by atoms with E-state index in [4.69, 9.17) is 148 Å². The predicted molar refractivity (Wildman–Crippen MR) is 535 cm³/mol. The number of methoxy groups -OCH3 is 1. The van der Waals surface area contributed by atoms with Gasteiger partial charge in [0.05, 0.1) is 309 Å². The molecule has 0 aliphatic carbocycles. The van der Waals surface area contributed by atoms with Crippen LogP contribution in [0.5, 0.6) is 17.2 Å². The molecule has 0 spiro atoms. The number of ether oxygens (including phenoxy) is 29. The number of carboxylic acids is 2. The first kappa shape index (κ1) is 133. The molecule has 45 nitrogen and oxygen atoms in total. The molecule has 148 heavy (non-hydrogen) atoms. The van der Waals surface area contributed by atoms with Crippen molar-refractivity contribution in [2.45, 2.75) is 135 Å². The van der Waals surface area contributed by atoms with Crippen LogP contribution in [-0.2, 0) is 186 Å². The molecule has 0 saturated carbocycles. The van der Waals surface area contributed by atoms with E-state index in [1.165, 1.54) is 0 Å². The number of carboxylic acid groups (broad SMARTS) is 2. The maximum Gasteiger partial charge on any atom is 0.407 e. The molecule has 3 aromatic carbocycles. The molecule has 0 heterocycles. The summed E-state index contributed by atoms with van der Waals surface area (Å²) in [5.74, 6) is -4.13. The zero-order valence-electron chi connectivity index (χ0n) is 88.0. The minimum absolute atomic E-state index is 0.00416. The first-order valence-corrected chi connectivity index (χ1v) is 50.7. The fourth-order valence-electron chi connectivity index (χ4n) is 12.6. The second-order valence-electron chi connectivity index (χ2n) is 34.7. The molecule has 3 rings (SSSR count). The summed E-state index contributed by atoms with van der Waals surface area (Å²) in [6.07, 6.45) is 1.07. The summed E-state index contributed by atoms with van der Waals surface area (Å²) >= 11 is 0. The first-order chi connectivity index (χ1) is 71.8. The third kappa shape index (κ3) is 83.9. The lowest BCUT2D eigenvalue weighted by Crippen LogP contribution is -2.42. The zero-order valence-corrected chi connectivity index (χ0v) is 88.0. The van der Waals surface area contributed by atoms with Gasteiger partial charge in [-0.05, 0) is 127 Å². The quantitative estimate of drug-likeness (QED) is 0.0302. The fraction of sp³-hybridized carbons (Fsp3) is 0.728. The van der Waals surface area contributed by atoms with E-state index in [1.807, 2.05) is 0 Å². The smallest absolute Gasteiger partial charge is 0.407 e. The Morgan fingerprint density at radius 3 is 0.811 bits per heavy atom. The van der Waals surface area contributed by atoms with Crippen LogP contribution in [0.4, 0.5) is 4.79 Å². The first-order valence-electron chi connectivity index (χ1n) is 50.7. The zero-order chi connectivity index (χ0) is 107. The summed E-state index contributed by atoms with van der Waals surface area (Å²) in [6, 6.07) is 18.4. The summed E-state index contributed by atoms with van der Waals surface area (Å²) in [5, 5.41) is 29.3. The van der Waals surface area contributed by atoms with E-state index in [2.05, 4.69) is 21.3 Å². The maximum atomic E-state index is 13.7. The number of alkyl carbamates (subject to hydrolysis) is 1. The van der Waals surface area contributed by atoms with Crippen LogP contribution in [-0.4, -0.2) is 443 Å². The number of esters is 1. The van der Waals surface area contributed by atoms with Crippen molar-refractivity contribution in [3.63, 3.8) is 0 Å². The van der Waals surface area contributed by atoms with Crippen LogP contribution in [0, 0.1) is 5.92 Å². The Morgan fingerprint density at radius 1 is 0.277 bits per heavy atom. The van der Waals surface area contributed by atoms with Crippen LogP contribution < -0.4 is 35.5 Å². The number of carbonyl (C=O) groups is 10. The maximum absolute atomic E-state index is 13.7. The molecule has 0 bridgehead atoms. The molecule has 3 atom stereocenters. The summed E-state index contributed by atoms with van der Waals surface area (Å²) in [6.45, 7) is 25.7. The summed E-state index contributed by atoms with van der Waals surface area (Å²) in [4.78, 5) is 127. The number of Topliss-reactive ketones (excluding diaryl/α,β-unsaturated/α-hetero) is 3. The van der Waals surface area contributed by atoms with Gasteiger partial charge in [-0.1, -0.05) is 36.4 Å². The number of aliphatic carboxylic acids is 2. The molecule has 0 fully saturated rings. The largest absolute Gasteiger partial charge is 0.482 e. The lowest BCUT2D eigenvalue weighted by atomic mass is 9.92. The number of ketones is 3. The molecule has 846 valence electrons. The van der Waals surface area contributed by atoms with Gasteiger partial charge in [-0.3, -0.25) is 28.8 Å². The van der Waals surface area contributed by atoms with Gasteiger partial charge in [0.15, 0.2) is 31.4 Å². The van der Waals surface area contributed by atoms with Crippen LogP contribution in [0.25, 0.3) is 0 Å². The van der Waals surface area contributed by atoms with E-state index < -0.39 is 66.4 Å². The van der Waals surface area contributed by atoms with Gasteiger partial charge in [0.1, 0.15) is 34.2 Å². The van der Waals surface area contributed by atoms with E-state index in [-0.39, 0.29) is 232 Å². The number of nitrogens with one attached hydrogen (secondary N) is 4. The highest BCUT2D eigenvalue weighted by molar-refractivity contribution is 5.90. The molecular formula is C103H168N4O41. The van der Waals surface area contributed by atoms with Crippen LogP contribution in [0.2, 0.25) is 0 Å². The molecule has 0 saturated heterocycles. The van der Waals surface area contributed by atoms with Gasteiger partial charge < -0.3 is 169 Å². The predicted octanol–water partition coefficient (Wildman–Crippen LogP) is 5.44. The monoisotopic (exact) mass is 2120 g/mol. The Morgan fingerprint density at radius 2 is 0.527 bits per heavy atom. The van der Waals surface area contributed by atoms with Crippen molar-refractivity contribution < 1.29 is 196 Å². The van der Waals surface area contributed by atoms with Crippen molar-refractivity contribution in [2.24, 2.45) is 5.92 Å². The molecule has 6 N–H and O–H groups in total. The van der Waals surface area contributed by atoms with Crippen molar-refractivity contribution >= 4 is 59.1 Å². The van der Waals surface area contributed by atoms with E-state index in [0.29, 0.717) is 222 Å². The van der Waals surface area contributed by atoms with Gasteiger partial charge in [-0.15, -0.1) is 0 Å². The number of carbonyl (C=O) groups excluding carboxylic acids is 8. The number of hydrogen-bond acceptors (Lipinski definition) is 39. The minimum atomic E-state index is -1.13. The van der Waals surface area contributed by atoms with Crippen LogP contribution in [0.1, 0.15) is 110 Å². The van der Waals surface area contributed by atoms with Crippen LogP contribution in [0.15, 0.2) is 72.8 Å². The summed E-state index contributed by atoms with van der Waals surface area (Å²) in [5.41, 5.74) is 0.945. The number of rotatable bonds is 105. The van der Waals surface area contributed by atoms with Crippen molar-refractivity contribution in [2.75, 3.05) is 351 Å². The van der Waals surface area contributed by atoms with E-state index in [0.717, 1.165) is 16.7 Å². The fourth-order valence-corrected chi connectivity index (χ4v) is 12.6. The number of amides is 4. The molecule has 3 aromatic rings. The molecule has 0 aliphatic heterocycles. The number of hydrogen-bond donors (Lipinski definition) is 6. The molecule has 4 amide bonds. The lowest BCUT2D eigenvalue weighted by Gasteiger charge is -2.20. The second kappa shape index (κ2) is 92.0. The van der Waals surface area contributed by atoms with Gasteiger partial charge >= 0.3 is 24.0 Å². The van der Waals surface area contributed by atoms with E-state index >= 15 is 0 Å². The highest BCUT2D eigenvalue weighted by Gasteiger charge is 2.27. The average Bonchev–Trinajstić information content (AvgIpc) is 0.876. The SMILES string of the molecule is COCCOCCOCCOCCOCCOCCOCCOCCOCCOCCOCCOCCCC(=O)C(Cc1ccc(OCC(=O)O)cc1)NC(=O)CCOCCOCCOCCOCCNC(=O)C(CC(=O)CCOCCOCCOCCOCCCC(=O)C(Cc1ccc(OCC(=O)OC(C)(C)C)cc1)NC(=O)CCOCCOCCOCCOCCNC(=O)OC(C)(C)C)Cc1ccc(OCC(=O)O)cc1. The Balaban J connectivity index is 1.24.